The Labute approximate surface area is 86.3 Å². The van der Waals surface area contributed by atoms with Crippen LogP contribution >= 0.6 is 0 Å². The van der Waals surface area contributed by atoms with E-state index in [1.165, 1.54) is 0 Å². The van der Waals surface area contributed by atoms with E-state index < -0.39 is 40.8 Å². The van der Waals surface area contributed by atoms with Crippen LogP contribution in [0.4, 0.5) is 0 Å². The topological polar surface area (TPSA) is 138 Å². The average Bonchev–Trinajstić information content (AvgIpc) is 1.96. The lowest BCUT2D eigenvalue weighted by molar-refractivity contribution is -0.141. The van der Waals surface area contributed by atoms with E-state index in [1.54, 1.807) is 0 Å². The maximum atomic E-state index is 10.6. The van der Waals surface area contributed by atoms with Gasteiger partial charge in [0.05, 0.1) is 18.8 Å². The molecule has 0 saturated carbocycles. The van der Waals surface area contributed by atoms with Gasteiger partial charge < -0.3 is 10.2 Å². The van der Waals surface area contributed by atoms with Crippen LogP contribution in [0.5, 0.6) is 0 Å². The first-order chi connectivity index (χ1) is 6.70. The highest BCUT2D eigenvalue weighted by Crippen LogP contribution is 1.90. The minimum absolute atomic E-state index is 0.225. The van der Waals surface area contributed by atoms with Crippen LogP contribution in [-0.4, -0.2) is 60.9 Å². The molecule has 0 saturated heterocycles. The number of hydrogen-bond donors (Lipinski definition) is 3. The number of rotatable bonds is 7. The zero-order chi connectivity index (χ0) is 12.1. The lowest BCUT2D eigenvalue weighted by atomic mass is 10.4. The second-order valence-electron chi connectivity index (χ2n) is 2.87. The van der Waals surface area contributed by atoms with Crippen molar-refractivity contribution in [3.63, 3.8) is 0 Å². The van der Waals surface area contributed by atoms with Gasteiger partial charge in [-0.05, 0) is 0 Å². The van der Waals surface area contributed by atoms with Crippen LogP contribution in [-0.2, 0) is 19.6 Å². The lowest BCUT2D eigenvalue weighted by Gasteiger charge is -2.16. The molecular formula is C6H12N2O6S. The van der Waals surface area contributed by atoms with Crippen LogP contribution in [0, 0.1) is 0 Å². The van der Waals surface area contributed by atoms with Crippen molar-refractivity contribution in [2.75, 3.05) is 25.4 Å². The molecule has 0 aliphatic carbocycles. The Morgan fingerprint density at radius 2 is 1.53 bits per heavy atom. The van der Waals surface area contributed by atoms with Crippen LogP contribution < -0.4 is 5.14 Å². The second kappa shape index (κ2) is 5.63. The Balaban J connectivity index is 4.24. The second-order valence-corrected chi connectivity index (χ2v) is 4.60. The molecule has 0 amide bonds. The highest BCUT2D eigenvalue weighted by molar-refractivity contribution is 7.89. The molecule has 0 heterocycles. The van der Waals surface area contributed by atoms with Gasteiger partial charge in [0.25, 0.3) is 0 Å². The fraction of sp³-hybridized carbons (Fsp3) is 0.667. The number of hydrogen-bond acceptors (Lipinski definition) is 5. The number of nitrogens with zero attached hydrogens (tertiary/aromatic N) is 1. The number of sulfonamides is 1. The largest absolute Gasteiger partial charge is 0.480 e. The first kappa shape index (κ1) is 13.8. The van der Waals surface area contributed by atoms with Crippen molar-refractivity contribution in [3.8, 4) is 0 Å². The Morgan fingerprint density at radius 1 is 1.13 bits per heavy atom. The summed E-state index contributed by atoms with van der Waals surface area (Å²) in [6.45, 7) is -1.30. The predicted molar refractivity (Wildman–Crippen MR) is 49.7 cm³/mol. The van der Waals surface area contributed by atoms with Crippen molar-refractivity contribution in [2.45, 2.75) is 0 Å². The molecule has 0 aromatic heterocycles. The summed E-state index contributed by atoms with van der Waals surface area (Å²) < 4.78 is 21.1. The number of nitrogens with two attached hydrogens (primary N) is 1. The summed E-state index contributed by atoms with van der Waals surface area (Å²) in [4.78, 5) is 21.6. The number of carboxylic acid groups (broad SMARTS) is 2. The summed E-state index contributed by atoms with van der Waals surface area (Å²) in [6, 6.07) is 0. The average molecular weight is 240 g/mol. The van der Waals surface area contributed by atoms with E-state index in [0.29, 0.717) is 0 Å². The van der Waals surface area contributed by atoms with Crippen molar-refractivity contribution in [3.05, 3.63) is 0 Å². The van der Waals surface area contributed by atoms with Gasteiger partial charge in [0, 0.05) is 6.54 Å². The molecule has 15 heavy (non-hydrogen) atoms. The Bertz CT molecular complexity index is 322. The Morgan fingerprint density at radius 3 is 1.80 bits per heavy atom. The van der Waals surface area contributed by atoms with E-state index in [2.05, 4.69) is 0 Å². The summed E-state index contributed by atoms with van der Waals surface area (Å²) in [5.41, 5.74) is 0. The smallest absolute Gasteiger partial charge is 0.317 e. The van der Waals surface area contributed by atoms with Crippen molar-refractivity contribution in [1.82, 2.24) is 4.90 Å². The molecule has 0 unspecified atom stereocenters. The van der Waals surface area contributed by atoms with Crippen molar-refractivity contribution < 1.29 is 28.2 Å². The highest BCUT2D eigenvalue weighted by atomic mass is 32.2. The van der Waals surface area contributed by atoms with E-state index >= 15 is 0 Å². The first-order valence-electron chi connectivity index (χ1n) is 3.87. The van der Waals surface area contributed by atoms with Gasteiger partial charge in [0.2, 0.25) is 10.0 Å². The summed E-state index contributed by atoms with van der Waals surface area (Å²) in [5.74, 6) is -2.94. The SMILES string of the molecule is NS(=O)(=O)CCN(CC(=O)O)CC(=O)O. The minimum atomic E-state index is -3.72. The summed E-state index contributed by atoms with van der Waals surface area (Å²) in [6.07, 6.45) is 0. The summed E-state index contributed by atoms with van der Waals surface area (Å²) in [7, 11) is -3.72. The zero-order valence-electron chi connectivity index (χ0n) is 7.79. The van der Waals surface area contributed by atoms with Crippen LogP contribution in [0.3, 0.4) is 0 Å². The normalized spacial score (nSPS) is 11.6. The van der Waals surface area contributed by atoms with Crippen LogP contribution in [0.25, 0.3) is 0 Å². The van der Waals surface area contributed by atoms with Crippen molar-refractivity contribution in [1.29, 1.82) is 0 Å². The number of primary sulfonamides is 1. The number of carboxylic acids is 2. The molecule has 8 nitrogen and oxygen atoms in total. The van der Waals surface area contributed by atoms with Crippen LogP contribution in [0.1, 0.15) is 0 Å². The number of carbonyl (C=O) groups is 2. The van der Waals surface area contributed by atoms with E-state index in [0.717, 1.165) is 4.90 Å². The third kappa shape index (κ3) is 9.12. The standard InChI is InChI=1S/C6H12N2O6S/c7-15(13,14)2-1-8(3-5(9)10)4-6(11)12/h1-4H2,(H,9,10)(H,11,12)(H2,7,13,14). The molecule has 0 fully saturated rings. The van der Waals surface area contributed by atoms with Gasteiger partial charge >= 0.3 is 11.9 Å². The third-order valence-corrected chi connectivity index (χ3v) is 2.16. The van der Waals surface area contributed by atoms with Gasteiger partial charge in [-0.25, -0.2) is 13.6 Å². The van der Waals surface area contributed by atoms with E-state index in [4.69, 9.17) is 15.4 Å². The van der Waals surface area contributed by atoms with Gasteiger partial charge in [0.1, 0.15) is 0 Å². The summed E-state index contributed by atoms with van der Waals surface area (Å²) >= 11 is 0. The molecule has 0 aromatic rings. The fourth-order valence-corrected chi connectivity index (χ4v) is 1.37. The molecule has 4 N–H and O–H groups in total. The molecule has 9 heteroatoms. The van der Waals surface area contributed by atoms with Crippen LogP contribution in [0.15, 0.2) is 0 Å². The molecular weight excluding hydrogens is 228 g/mol. The maximum absolute atomic E-state index is 10.6. The molecule has 0 rings (SSSR count). The van der Waals surface area contributed by atoms with E-state index in [-0.39, 0.29) is 6.54 Å². The Hall–Kier alpha value is -1.19. The molecule has 0 aromatic carbocycles. The lowest BCUT2D eigenvalue weighted by Crippen LogP contribution is -2.38. The fourth-order valence-electron chi connectivity index (χ4n) is 0.853. The highest BCUT2D eigenvalue weighted by Gasteiger charge is 2.15. The number of aliphatic carboxylic acids is 2. The monoisotopic (exact) mass is 240 g/mol. The summed E-state index contributed by atoms with van der Waals surface area (Å²) in [5, 5.41) is 21.5. The van der Waals surface area contributed by atoms with Crippen molar-refractivity contribution in [2.24, 2.45) is 5.14 Å². The molecule has 0 atom stereocenters. The van der Waals surface area contributed by atoms with E-state index in [1.807, 2.05) is 0 Å². The predicted octanol–water partition coefficient (Wildman–Crippen LogP) is -2.25. The molecule has 0 aliphatic heterocycles. The van der Waals surface area contributed by atoms with Crippen molar-refractivity contribution >= 4 is 22.0 Å². The van der Waals surface area contributed by atoms with Gasteiger partial charge in [-0.15, -0.1) is 0 Å². The molecule has 0 bridgehead atoms. The third-order valence-electron chi connectivity index (χ3n) is 1.41. The quantitative estimate of drug-likeness (QED) is 0.456. The van der Waals surface area contributed by atoms with Crippen LogP contribution in [0.2, 0.25) is 0 Å². The van der Waals surface area contributed by atoms with Gasteiger partial charge in [-0.3, -0.25) is 14.5 Å². The molecule has 88 valence electrons. The van der Waals surface area contributed by atoms with E-state index in [9.17, 15) is 18.0 Å². The first-order valence-corrected chi connectivity index (χ1v) is 5.58. The molecule has 0 radical (unpaired) electrons. The van der Waals surface area contributed by atoms with Gasteiger partial charge in [-0.2, -0.15) is 0 Å². The van der Waals surface area contributed by atoms with Gasteiger partial charge in [-0.1, -0.05) is 0 Å². The zero-order valence-corrected chi connectivity index (χ0v) is 8.61. The molecule has 0 spiro atoms. The van der Waals surface area contributed by atoms with Gasteiger partial charge in [0.15, 0.2) is 0 Å². The minimum Gasteiger partial charge on any atom is -0.480 e. The maximum Gasteiger partial charge on any atom is 0.317 e. The molecule has 0 aliphatic rings. The Kier molecular flexibility index (Phi) is 5.19.